The molecule has 0 N–H and O–H groups in total. The van der Waals surface area contributed by atoms with E-state index in [1.807, 2.05) is 0 Å². The minimum absolute atomic E-state index is 0.112. The van der Waals surface area contributed by atoms with Crippen LogP contribution in [0.4, 0.5) is 0 Å². The number of thioether (sulfide) groups is 1. The number of hydrogen-bond donors (Lipinski definition) is 0. The number of ether oxygens (including phenoxy) is 3. The molecule has 1 aliphatic heterocycles. The molecule has 1 saturated heterocycles. The Kier molecular flexibility index (Phi) is 4.74. The predicted octanol–water partition coefficient (Wildman–Crippen LogP) is 2.54. The van der Waals surface area contributed by atoms with Gasteiger partial charge in [0.1, 0.15) is 4.32 Å². The molecule has 0 aliphatic carbocycles. The summed E-state index contributed by atoms with van der Waals surface area (Å²) in [4.78, 5) is 14.0. The van der Waals surface area contributed by atoms with Crippen LogP contribution in [-0.2, 0) is 4.79 Å². The van der Waals surface area contributed by atoms with E-state index in [0.29, 0.717) is 26.5 Å². The molecule has 2 rings (SSSR count). The van der Waals surface area contributed by atoms with Crippen molar-refractivity contribution in [3.8, 4) is 17.2 Å². The minimum atomic E-state index is -0.112. The average Bonchev–Trinajstić information content (AvgIpc) is 2.73. The fraction of sp³-hybridized carbons (Fsp3) is 0.286. The van der Waals surface area contributed by atoms with Crippen LogP contribution >= 0.6 is 24.0 Å². The Balaban J connectivity index is 2.46. The molecular weight excluding hydrogens is 310 g/mol. The highest BCUT2D eigenvalue weighted by Crippen LogP contribution is 2.40. The van der Waals surface area contributed by atoms with Gasteiger partial charge in [-0.2, -0.15) is 0 Å². The van der Waals surface area contributed by atoms with Gasteiger partial charge in [0.05, 0.1) is 26.2 Å². The lowest BCUT2D eigenvalue weighted by Crippen LogP contribution is -2.22. The molecule has 1 aliphatic rings. The van der Waals surface area contributed by atoms with E-state index < -0.39 is 0 Å². The third-order valence-corrected chi connectivity index (χ3v) is 4.46. The third-order valence-electron chi connectivity index (χ3n) is 2.97. The third kappa shape index (κ3) is 2.98. The van der Waals surface area contributed by atoms with Crippen molar-refractivity contribution in [2.24, 2.45) is 0 Å². The van der Waals surface area contributed by atoms with Gasteiger partial charge in [0.25, 0.3) is 5.91 Å². The van der Waals surface area contributed by atoms with E-state index in [4.69, 9.17) is 26.4 Å². The van der Waals surface area contributed by atoms with E-state index in [-0.39, 0.29) is 5.91 Å². The Labute approximate surface area is 132 Å². The number of methoxy groups -OCH3 is 3. The molecule has 0 spiro atoms. The van der Waals surface area contributed by atoms with Gasteiger partial charge in [0.2, 0.25) is 5.75 Å². The number of rotatable bonds is 4. The van der Waals surface area contributed by atoms with Crippen LogP contribution in [0.3, 0.4) is 0 Å². The van der Waals surface area contributed by atoms with Crippen molar-refractivity contribution in [2.75, 3.05) is 28.4 Å². The predicted molar refractivity (Wildman–Crippen MR) is 87.0 cm³/mol. The molecule has 112 valence electrons. The van der Waals surface area contributed by atoms with E-state index in [2.05, 4.69) is 0 Å². The van der Waals surface area contributed by atoms with Gasteiger partial charge < -0.3 is 14.2 Å². The summed E-state index contributed by atoms with van der Waals surface area (Å²) in [7, 11) is 6.30. The maximum absolute atomic E-state index is 12.0. The Hall–Kier alpha value is -1.73. The van der Waals surface area contributed by atoms with Crippen molar-refractivity contribution in [1.29, 1.82) is 0 Å². The second kappa shape index (κ2) is 6.36. The summed E-state index contributed by atoms with van der Waals surface area (Å²) in [6.07, 6.45) is 1.76. The summed E-state index contributed by atoms with van der Waals surface area (Å²) < 4.78 is 16.4. The normalized spacial score (nSPS) is 16.6. The first-order valence-electron chi connectivity index (χ1n) is 6.03. The summed E-state index contributed by atoms with van der Waals surface area (Å²) in [5.41, 5.74) is 0.776. The lowest BCUT2D eigenvalue weighted by Gasteiger charge is -2.13. The summed E-state index contributed by atoms with van der Waals surface area (Å²) in [5, 5.41) is 0. The smallest absolute Gasteiger partial charge is 0.265 e. The molecule has 21 heavy (non-hydrogen) atoms. The fourth-order valence-electron chi connectivity index (χ4n) is 1.88. The second-order valence-electron chi connectivity index (χ2n) is 4.20. The van der Waals surface area contributed by atoms with Crippen molar-refractivity contribution in [1.82, 2.24) is 4.90 Å². The van der Waals surface area contributed by atoms with Crippen LogP contribution in [0.2, 0.25) is 0 Å². The lowest BCUT2D eigenvalue weighted by molar-refractivity contribution is -0.121. The van der Waals surface area contributed by atoms with Crippen molar-refractivity contribution >= 4 is 40.3 Å². The van der Waals surface area contributed by atoms with Crippen LogP contribution in [0.15, 0.2) is 17.0 Å². The van der Waals surface area contributed by atoms with E-state index in [9.17, 15) is 4.79 Å². The van der Waals surface area contributed by atoms with Crippen molar-refractivity contribution in [2.45, 2.75) is 0 Å². The summed E-state index contributed by atoms with van der Waals surface area (Å²) in [6.45, 7) is 0. The topological polar surface area (TPSA) is 48.0 Å². The van der Waals surface area contributed by atoms with Crippen LogP contribution in [0.1, 0.15) is 5.56 Å². The zero-order valence-corrected chi connectivity index (χ0v) is 13.8. The molecule has 1 fully saturated rings. The van der Waals surface area contributed by atoms with E-state index in [1.54, 1.807) is 46.6 Å². The van der Waals surface area contributed by atoms with E-state index >= 15 is 0 Å². The van der Waals surface area contributed by atoms with Gasteiger partial charge in [-0.3, -0.25) is 9.69 Å². The van der Waals surface area contributed by atoms with Gasteiger partial charge in [-0.1, -0.05) is 24.0 Å². The second-order valence-corrected chi connectivity index (χ2v) is 5.88. The highest BCUT2D eigenvalue weighted by atomic mass is 32.2. The number of carbonyl (C=O) groups excluding carboxylic acids is 1. The molecule has 0 radical (unpaired) electrons. The van der Waals surface area contributed by atoms with Gasteiger partial charge >= 0.3 is 0 Å². The molecule has 0 unspecified atom stereocenters. The van der Waals surface area contributed by atoms with E-state index in [1.165, 1.54) is 16.7 Å². The number of hydrogen-bond acceptors (Lipinski definition) is 6. The molecule has 1 aromatic carbocycles. The Bertz CT molecular complexity index is 602. The molecule has 0 saturated carbocycles. The first-order chi connectivity index (χ1) is 10.0. The number of benzene rings is 1. The van der Waals surface area contributed by atoms with Gasteiger partial charge in [0, 0.05) is 7.05 Å². The van der Waals surface area contributed by atoms with Gasteiger partial charge in [0.15, 0.2) is 11.5 Å². The lowest BCUT2D eigenvalue weighted by atomic mass is 10.1. The van der Waals surface area contributed by atoms with Crippen LogP contribution in [0.5, 0.6) is 17.2 Å². The number of thiocarbonyl (C=S) groups is 1. The van der Waals surface area contributed by atoms with Gasteiger partial charge in [-0.05, 0) is 23.8 Å². The zero-order valence-electron chi connectivity index (χ0n) is 12.1. The number of likely N-dealkylation sites (N-methyl/N-ethyl adjacent to an activating group) is 1. The quantitative estimate of drug-likeness (QED) is 0.626. The van der Waals surface area contributed by atoms with Crippen LogP contribution < -0.4 is 14.2 Å². The SMILES string of the molecule is COc1cc(C=C2SC(=S)N(C)C2=O)cc(OC)c1OC. The molecular formula is C14H15NO4S2. The van der Waals surface area contributed by atoms with Crippen molar-refractivity contribution in [3.05, 3.63) is 22.6 Å². The minimum Gasteiger partial charge on any atom is -0.493 e. The highest BCUT2D eigenvalue weighted by molar-refractivity contribution is 8.26. The molecule has 5 nitrogen and oxygen atoms in total. The van der Waals surface area contributed by atoms with Crippen LogP contribution in [-0.4, -0.2) is 43.5 Å². The molecule has 0 bridgehead atoms. The van der Waals surface area contributed by atoms with Crippen molar-refractivity contribution in [3.63, 3.8) is 0 Å². The number of nitrogens with zero attached hydrogens (tertiary/aromatic N) is 1. The molecule has 7 heteroatoms. The number of amides is 1. The largest absolute Gasteiger partial charge is 0.493 e. The Morgan fingerprint density at radius 3 is 2.10 bits per heavy atom. The Morgan fingerprint density at radius 2 is 1.71 bits per heavy atom. The molecule has 0 atom stereocenters. The van der Waals surface area contributed by atoms with Crippen LogP contribution in [0.25, 0.3) is 6.08 Å². The van der Waals surface area contributed by atoms with E-state index in [0.717, 1.165) is 5.56 Å². The Morgan fingerprint density at radius 1 is 1.14 bits per heavy atom. The molecule has 1 aromatic rings. The standard InChI is InChI=1S/C14H15NO4S2/c1-15-13(16)11(21-14(15)20)7-8-5-9(17-2)12(19-4)10(6-8)18-3/h5-7H,1-4H3. The maximum atomic E-state index is 12.0. The summed E-state index contributed by atoms with van der Waals surface area (Å²) in [6, 6.07) is 3.56. The molecule has 1 heterocycles. The number of carbonyl (C=O) groups is 1. The first-order valence-corrected chi connectivity index (χ1v) is 7.25. The van der Waals surface area contributed by atoms with Gasteiger partial charge in [-0.15, -0.1) is 0 Å². The molecule has 1 amide bonds. The van der Waals surface area contributed by atoms with Crippen molar-refractivity contribution < 1.29 is 19.0 Å². The van der Waals surface area contributed by atoms with Gasteiger partial charge in [-0.25, -0.2) is 0 Å². The maximum Gasteiger partial charge on any atom is 0.265 e. The monoisotopic (exact) mass is 325 g/mol. The zero-order chi connectivity index (χ0) is 15.6. The molecule has 0 aromatic heterocycles. The summed E-state index contributed by atoms with van der Waals surface area (Å²) in [5.74, 6) is 1.48. The average molecular weight is 325 g/mol. The fourth-order valence-corrected chi connectivity index (χ4v) is 3.06. The first kappa shape index (κ1) is 15.7. The van der Waals surface area contributed by atoms with Crippen LogP contribution in [0, 0.1) is 0 Å². The summed E-state index contributed by atoms with van der Waals surface area (Å²) >= 11 is 6.38. The highest BCUT2D eigenvalue weighted by Gasteiger charge is 2.28.